The molecular formula is C15H22BrN3. The van der Waals surface area contributed by atoms with Crippen molar-refractivity contribution < 1.29 is 0 Å². The number of nitrogens with zero attached hydrogens (tertiary/aromatic N) is 3. The zero-order valence-corrected chi connectivity index (χ0v) is 13.0. The van der Waals surface area contributed by atoms with E-state index in [9.17, 15) is 0 Å². The summed E-state index contributed by atoms with van der Waals surface area (Å²) in [5.41, 5.74) is 2.75. The van der Waals surface area contributed by atoms with Gasteiger partial charge < -0.3 is 4.90 Å². The van der Waals surface area contributed by atoms with Crippen molar-refractivity contribution in [1.29, 1.82) is 0 Å². The van der Waals surface area contributed by atoms with E-state index >= 15 is 0 Å². The molecule has 1 saturated heterocycles. The Labute approximate surface area is 124 Å². The van der Waals surface area contributed by atoms with Crippen LogP contribution in [0.4, 0.5) is 5.82 Å². The molecule has 1 aliphatic carbocycles. The van der Waals surface area contributed by atoms with Crippen LogP contribution in [-0.2, 0) is 12.8 Å². The van der Waals surface area contributed by atoms with Crippen molar-refractivity contribution >= 4 is 21.7 Å². The second-order valence-corrected chi connectivity index (χ2v) is 6.44. The molecule has 0 amide bonds. The minimum Gasteiger partial charge on any atom is -0.353 e. The van der Waals surface area contributed by atoms with Gasteiger partial charge in [-0.25, -0.2) is 9.97 Å². The lowest BCUT2D eigenvalue weighted by molar-refractivity contribution is 0.447. The Kier molecular flexibility index (Phi) is 4.36. The largest absolute Gasteiger partial charge is 0.353 e. The molecule has 0 spiro atoms. The number of anilines is 1. The van der Waals surface area contributed by atoms with Gasteiger partial charge in [0.1, 0.15) is 12.1 Å². The van der Waals surface area contributed by atoms with Gasteiger partial charge in [0, 0.05) is 29.2 Å². The Morgan fingerprint density at radius 1 is 1.16 bits per heavy atom. The zero-order valence-electron chi connectivity index (χ0n) is 11.4. The Morgan fingerprint density at radius 3 is 2.95 bits per heavy atom. The monoisotopic (exact) mass is 323 g/mol. The number of aromatic nitrogens is 2. The summed E-state index contributed by atoms with van der Waals surface area (Å²) in [7, 11) is 0. The fourth-order valence-corrected chi connectivity index (χ4v) is 3.99. The Bertz CT molecular complexity index is 433. The average molecular weight is 324 g/mol. The third kappa shape index (κ3) is 2.78. The highest BCUT2D eigenvalue weighted by Gasteiger charge is 2.27. The summed E-state index contributed by atoms with van der Waals surface area (Å²) in [6.45, 7) is 1.17. The van der Waals surface area contributed by atoms with Crippen LogP contribution in [0.1, 0.15) is 49.8 Å². The summed E-state index contributed by atoms with van der Waals surface area (Å²) >= 11 is 3.60. The van der Waals surface area contributed by atoms with E-state index < -0.39 is 0 Å². The molecule has 1 fully saturated rings. The molecule has 3 rings (SSSR count). The van der Waals surface area contributed by atoms with Crippen LogP contribution in [0.5, 0.6) is 0 Å². The quantitative estimate of drug-likeness (QED) is 0.797. The van der Waals surface area contributed by atoms with Crippen LogP contribution in [0.2, 0.25) is 0 Å². The lowest BCUT2D eigenvalue weighted by Gasteiger charge is -2.38. The van der Waals surface area contributed by atoms with Gasteiger partial charge in [0.15, 0.2) is 0 Å². The Balaban J connectivity index is 1.91. The molecule has 1 aromatic rings. The Morgan fingerprint density at radius 2 is 2.05 bits per heavy atom. The maximum absolute atomic E-state index is 4.65. The van der Waals surface area contributed by atoms with Crippen LogP contribution < -0.4 is 4.90 Å². The van der Waals surface area contributed by atoms with E-state index in [1.807, 2.05) is 0 Å². The second-order valence-electron chi connectivity index (χ2n) is 5.65. The molecule has 1 aliphatic heterocycles. The van der Waals surface area contributed by atoms with Crippen molar-refractivity contribution in [3.8, 4) is 0 Å². The predicted octanol–water partition coefficient (Wildman–Crippen LogP) is 3.50. The standard InChI is InChI=1S/C15H22BrN3/c16-9-8-12-5-3-4-10-19(12)15-13-6-1-2-7-14(13)17-11-18-15/h11-12H,1-10H2. The molecule has 1 aromatic heterocycles. The first kappa shape index (κ1) is 13.3. The molecule has 2 aliphatic rings. The number of rotatable bonds is 3. The molecular weight excluding hydrogens is 302 g/mol. The number of piperidine rings is 1. The summed E-state index contributed by atoms with van der Waals surface area (Å²) < 4.78 is 0. The topological polar surface area (TPSA) is 29.0 Å². The van der Waals surface area contributed by atoms with Crippen LogP contribution in [0.3, 0.4) is 0 Å². The first-order valence-electron chi connectivity index (χ1n) is 7.55. The lowest BCUT2D eigenvalue weighted by Crippen LogP contribution is -2.41. The third-order valence-corrected chi connectivity index (χ3v) is 4.90. The van der Waals surface area contributed by atoms with E-state index in [2.05, 4.69) is 30.8 Å². The normalized spacial score (nSPS) is 23.2. The highest BCUT2D eigenvalue weighted by molar-refractivity contribution is 9.09. The predicted molar refractivity (Wildman–Crippen MR) is 82.1 cm³/mol. The summed E-state index contributed by atoms with van der Waals surface area (Å²) in [4.78, 5) is 11.7. The highest BCUT2D eigenvalue weighted by atomic mass is 79.9. The summed E-state index contributed by atoms with van der Waals surface area (Å²) in [5.74, 6) is 1.25. The molecule has 0 bridgehead atoms. The number of hydrogen-bond donors (Lipinski definition) is 0. The van der Waals surface area contributed by atoms with Gasteiger partial charge in [-0.1, -0.05) is 15.9 Å². The maximum Gasteiger partial charge on any atom is 0.135 e. The lowest BCUT2D eigenvalue weighted by atomic mass is 9.94. The number of fused-ring (bicyclic) bond motifs is 1. The zero-order chi connectivity index (χ0) is 13.1. The molecule has 0 N–H and O–H groups in total. The van der Waals surface area contributed by atoms with E-state index in [-0.39, 0.29) is 0 Å². The first-order chi connectivity index (χ1) is 9.40. The molecule has 19 heavy (non-hydrogen) atoms. The smallest absolute Gasteiger partial charge is 0.135 e. The third-order valence-electron chi connectivity index (χ3n) is 4.44. The summed E-state index contributed by atoms with van der Waals surface area (Å²) in [6, 6.07) is 0.661. The van der Waals surface area contributed by atoms with Crippen molar-refractivity contribution in [2.45, 2.75) is 57.4 Å². The fraction of sp³-hybridized carbons (Fsp3) is 0.733. The van der Waals surface area contributed by atoms with Gasteiger partial charge in [0.05, 0.1) is 0 Å². The number of halogens is 1. The first-order valence-corrected chi connectivity index (χ1v) is 8.67. The molecule has 3 nitrogen and oxygen atoms in total. The van der Waals surface area contributed by atoms with Crippen molar-refractivity contribution in [1.82, 2.24) is 9.97 Å². The van der Waals surface area contributed by atoms with E-state index in [1.54, 1.807) is 6.33 Å². The Hall–Kier alpha value is -0.640. The molecule has 1 atom stereocenters. The van der Waals surface area contributed by atoms with Crippen molar-refractivity contribution in [3.05, 3.63) is 17.6 Å². The van der Waals surface area contributed by atoms with E-state index in [1.165, 1.54) is 68.6 Å². The summed E-state index contributed by atoms with van der Waals surface area (Å²) in [6.07, 6.45) is 11.9. The van der Waals surface area contributed by atoms with Gasteiger partial charge in [0.2, 0.25) is 0 Å². The average Bonchev–Trinajstić information content (AvgIpc) is 2.48. The number of alkyl halides is 1. The molecule has 0 radical (unpaired) electrons. The SMILES string of the molecule is BrCCC1CCCCN1c1ncnc2c1CCCC2. The van der Waals surface area contributed by atoms with Crippen LogP contribution in [0, 0.1) is 0 Å². The van der Waals surface area contributed by atoms with E-state index in [0.717, 1.165) is 11.8 Å². The molecule has 104 valence electrons. The van der Waals surface area contributed by atoms with Gasteiger partial charge in [-0.2, -0.15) is 0 Å². The number of aryl methyl sites for hydroxylation is 1. The van der Waals surface area contributed by atoms with Crippen molar-refractivity contribution in [3.63, 3.8) is 0 Å². The highest BCUT2D eigenvalue weighted by Crippen LogP contribution is 2.32. The minimum absolute atomic E-state index is 0.661. The van der Waals surface area contributed by atoms with E-state index in [0.29, 0.717) is 6.04 Å². The molecule has 0 aromatic carbocycles. The molecule has 0 saturated carbocycles. The molecule has 2 heterocycles. The van der Waals surface area contributed by atoms with Gasteiger partial charge in [-0.15, -0.1) is 0 Å². The van der Waals surface area contributed by atoms with Crippen LogP contribution >= 0.6 is 15.9 Å². The number of hydrogen-bond acceptors (Lipinski definition) is 3. The second kappa shape index (κ2) is 6.21. The van der Waals surface area contributed by atoms with Gasteiger partial charge in [-0.3, -0.25) is 0 Å². The maximum atomic E-state index is 4.65. The van der Waals surface area contributed by atoms with Gasteiger partial charge >= 0.3 is 0 Å². The van der Waals surface area contributed by atoms with Crippen molar-refractivity contribution in [2.75, 3.05) is 16.8 Å². The minimum atomic E-state index is 0.661. The molecule has 4 heteroatoms. The van der Waals surface area contributed by atoms with Crippen LogP contribution in [0.25, 0.3) is 0 Å². The van der Waals surface area contributed by atoms with Crippen molar-refractivity contribution in [2.24, 2.45) is 0 Å². The van der Waals surface area contributed by atoms with E-state index in [4.69, 9.17) is 0 Å². The van der Waals surface area contributed by atoms with Crippen LogP contribution in [-0.4, -0.2) is 27.9 Å². The van der Waals surface area contributed by atoms with Crippen LogP contribution in [0.15, 0.2) is 6.33 Å². The fourth-order valence-electron chi connectivity index (χ4n) is 3.46. The molecule has 1 unspecified atom stereocenters. The van der Waals surface area contributed by atoms with Gasteiger partial charge in [-0.05, 0) is 51.4 Å². The van der Waals surface area contributed by atoms with Gasteiger partial charge in [0.25, 0.3) is 0 Å². The summed E-state index contributed by atoms with van der Waals surface area (Å²) in [5, 5.41) is 1.08.